The summed E-state index contributed by atoms with van der Waals surface area (Å²) in [6, 6.07) is 4.09. The lowest BCUT2D eigenvalue weighted by molar-refractivity contribution is 1.30. The highest BCUT2D eigenvalue weighted by Crippen LogP contribution is 2.21. The van der Waals surface area contributed by atoms with Crippen molar-refractivity contribution in [3.63, 3.8) is 0 Å². The van der Waals surface area contributed by atoms with E-state index in [4.69, 9.17) is 12.2 Å². The smallest absolute Gasteiger partial charge is 0.175 e. The van der Waals surface area contributed by atoms with Crippen LogP contribution in [0.1, 0.15) is 5.56 Å². The number of aryl methyl sites for hydroxylation is 1. The van der Waals surface area contributed by atoms with E-state index in [9.17, 15) is 0 Å². The number of imidazole rings is 1. The van der Waals surface area contributed by atoms with Crippen LogP contribution in [0.25, 0.3) is 11.0 Å². The average molecular weight is 243 g/mol. The van der Waals surface area contributed by atoms with Gasteiger partial charge in [-0.2, -0.15) is 0 Å². The molecule has 2 nitrogen and oxygen atoms in total. The molecule has 0 aliphatic carbocycles. The standard InChI is InChI=1S/C8H7BrN2S/c1-4-2-6-7(3-5(4)9)11-8(12)10-6/h2-3H,1H3,(H2,10,11,12). The van der Waals surface area contributed by atoms with Gasteiger partial charge in [0, 0.05) is 4.47 Å². The van der Waals surface area contributed by atoms with Crippen molar-refractivity contribution in [2.45, 2.75) is 6.92 Å². The summed E-state index contributed by atoms with van der Waals surface area (Å²) < 4.78 is 1.77. The Morgan fingerprint density at radius 3 is 2.50 bits per heavy atom. The molecule has 1 aromatic carbocycles. The fourth-order valence-corrected chi connectivity index (χ4v) is 1.73. The molecular formula is C8H7BrN2S. The zero-order valence-corrected chi connectivity index (χ0v) is 8.84. The van der Waals surface area contributed by atoms with Gasteiger partial charge in [0.25, 0.3) is 0 Å². The predicted molar refractivity (Wildman–Crippen MR) is 55.9 cm³/mol. The number of aromatic amines is 2. The highest BCUT2D eigenvalue weighted by Gasteiger charge is 1.99. The molecule has 2 rings (SSSR count). The van der Waals surface area contributed by atoms with E-state index in [1.165, 1.54) is 5.56 Å². The molecule has 12 heavy (non-hydrogen) atoms. The summed E-state index contributed by atoms with van der Waals surface area (Å²) in [4.78, 5) is 6.12. The van der Waals surface area contributed by atoms with E-state index in [2.05, 4.69) is 32.0 Å². The molecule has 1 heterocycles. The average Bonchev–Trinajstić information content (AvgIpc) is 2.30. The summed E-state index contributed by atoms with van der Waals surface area (Å²) >= 11 is 8.43. The van der Waals surface area contributed by atoms with Gasteiger partial charge in [-0.15, -0.1) is 0 Å². The first-order valence-electron chi connectivity index (χ1n) is 3.55. The van der Waals surface area contributed by atoms with Crippen molar-refractivity contribution in [2.24, 2.45) is 0 Å². The molecule has 0 unspecified atom stereocenters. The first kappa shape index (κ1) is 8.01. The van der Waals surface area contributed by atoms with Gasteiger partial charge >= 0.3 is 0 Å². The zero-order chi connectivity index (χ0) is 8.72. The zero-order valence-electron chi connectivity index (χ0n) is 6.44. The maximum absolute atomic E-state index is 4.97. The Balaban J connectivity index is 2.92. The Morgan fingerprint density at radius 1 is 1.25 bits per heavy atom. The number of nitrogens with one attached hydrogen (secondary N) is 2. The van der Waals surface area contributed by atoms with Crippen LogP contribution in [-0.4, -0.2) is 9.97 Å². The number of rotatable bonds is 0. The van der Waals surface area contributed by atoms with Gasteiger partial charge in [-0.1, -0.05) is 15.9 Å². The fraction of sp³-hybridized carbons (Fsp3) is 0.125. The summed E-state index contributed by atoms with van der Waals surface area (Å²) in [7, 11) is 0. The van der Waals surface area contributed by atoms with Gasteiger partial charge in [-0.05, 0) is 36.8 Å². The van der Waals surface area contributed by atoms with Gasteiger partial charge in [0.15, 0.2) is 4.77 Å². The van der Waals surface area contributed by atoms with Crippen molar-refractivity contribution in [1.29, 1.82) is 0 Å². The molecule has 0 saturated carbocycles. The number of benzene rings is 1. The first-order valence-corrected chi connectivity index (χ1v) is 4.75. The van der Waals surface area contributed by atoms with Gasteiger partial charge in [0.05, 0.1) is 11.0 Å². The van der Waals surface area contributed by atoms with Crippen LogP contribution in [0.3, 0.4) is 0 Å². The summed E-state index contributed by atoms with van der Waals surface area (Å²) in [6.07, 6.45) is 0. The van der Waals surface area contributed by atoms with Crippen molar-refractivity contribution >= 4 is 39.2 Å². The minimum absolute atomic E-state index is 0.669. The third kappa shape index (κ3) is 1.21. The van der Waals surface area contributed by atoms with Gasteiger partial charge < -0.3 is 9.97 Å². The normalized spacial score (nSPS) is 10.8. The van der Waals surface area contributed by atoms with Gasteiger partial charge in [0.2, 0.25) is 0 Å². The highest BCUT2D eigenvalue weighted by molar-refractivity contribution is 9.10. The lowest BCUT2D eigenvalue weighted by Crippen LogP contribution is -1.75. The molecule has 62 valence electrons. The van der Waals surface area contributed by atoms with Crippen LogP contribution < -0.4 is 0 Å². The quantitative estimate of drug-likeness (QED) is 0.683. The Kier molecular flexibility index (Phi) is 1.81. The number of fused-ring (bicyclic) bond motifs is 1. The van der Waals surface area contributed by atoms with E-state index in [1.54, 1.807) is 0 Å². The predicted octanol–water partition coefficient (Wildman–Crippen LogP) is 3.30. The van der Waals surface area contributed by atoms with E-state index >= 15 is 0 Å². The molecule has 0 aliphatic heterocycles. The third-order valence-corrected chi connectivity index (χ3v) is 2.85. The van der Waals surface area contributed by atoms with Gasteiger partial charge in [-0.3, -0.25) is 0 Å². The van der Waals surface area contributed by atoms with Crippen molar-refractivity contribution in [2.75, 3.05) is 0 Å². The minimum atomic E-state index is 0.669. The molecule has 2 aromatic rings. The molecule has 0 amide bonds. The lowest BCUT2D eigenvalue weighted by Gasteiger charge is -1.96. The summed E-state index contributed by atoms with van der Waals surface area (Å²) in [5, 5.41) is 0. The van der Waals surface area contributed by atoms with Crippen LogP contribution in [0.2, 0.25) is 0 Å². The number of hydrogen-bond acceptors (Lipinski definition) is 1. The highest BCUT2D eigenvalue weighted by atomic mass is 79.9. The van der Waals surface area contributed by atoms with Crippen LogP contribution in [0.5, 0.6) is 0 Å². The molecular weight excluding hydrogens is 236 g/mol. The molecule has 0 aliphatic rings. The second-order valence-electron chi connectivity index (χ2n) is 2.73. The van der Waals surface area contributed by atoms with Crippen LogP contribution >= 0.6 is 28.1 Å². The maximum Gasteiger partial charge on any atom is 0.175 e. The molecule has 1 aromatic heterocycles. The Labute approximate surface area is 83.1 Å². The topological polar surface area (TPSA) is 31.6 Å². The third-order valence-electron chi connectivity index (χ3n) is 1.80. The molecule has 4 heteroatoms. The van der Waals surface area contributed by atoms with E-state index in [1.807, 2.05) is 13.0 Å². The largest absolute Gasteiger partial charge is 0.331 e. The van der Waals surface area contributed by atoms with Crippen molar-refractivity contribution in [1.82, 2.24) is 9.97 Å². The molecule has 0 radical (unpaired) electrons. The van der Waals surface area contributed by atoms with E-state index in [0.29, 0.717) is 4.77 Å². The second-order valence-corrected chi connectivity index (χ2v) is 3.99. The SMILES string of the molecule is Cc1cc2[nH]c(=S)[nH]c2cc1Br. The van der Waals surface area contributed by atoms with Crippen molar-refractivity contribution < 1.29 is 0 Å². The summed E-state index contributed by atoms with van der Waals surface area (Å²) in [6.45, 7) is 2.05. The van der Waals surface area contributed by atoms with E-state index < -0.39 is 0 Å². The first-order chi connectivity index (χ1) is 5.66. The van der Waals surface area contributed by atoms with Crippen LogP contribution in [0.15, 0.2) is 16.6 Å². The molecule has 2 N–H and O–H groups in total. The van der Waals surface area contributed by atoms with E-state index in [-0.39, 0.29) is 0 Å². The number of H-pyrrole nitrogens is 2. The van der Waals surface area contributed by atoms with Crippen LogP contribution in [-0.2, 0) is 0 Å². The van der Waals surface area contributed by atoms with Crippen LogP contribution in [0, 0.1) is 11.7 Å². The van der Waals surface area contributed by atoms with Gasteiger partial charge in [0.1, 0.15) is 0 Å². The molecule has 0 saturated heterocycles. The second kappa shape index (κ2) is 2.71. The minimum Gasteiger partial charge on any atom is -0.331 e. The summed E-state index contributed by atoms with van der Waals surface area (Å²) in [5.41, 5.74) is 3.30. The number of halogens is 1. The molecule has 0 bridgehead atoms. The molecule has 0 spiro atoms. The molecule has 0 fully saturated rings. The van der Waals surface area contributed by atoms with Crippen LogP contribution in [0.4, 0.5) is 0 Å². The van der Waals surface area contributed by atoms with E-state index in [0.717, 1.165) is 15.5 Å². The lowest BCUT2D eigenvalue weighted by atomic mass is 10.2. The Hall–Kier alpha value is -0.610. The Morgan fingerprint density at radius 2 is 1.83 bits per heavy atom. The molecule has 0 atom stereocenters. The maximum atomic E-state index is 4.97. The van der Waals surface area contributed by atoms with Gasteiger partial charge in [-0.25, -0.2) is 0 Å². The number of hydrogen-bond donors (Lipinski definition) is 2. The van der Waals surface area contributed by atoms with Crippen molar-refractivity contribution in [3.05, 3.63) is 26.9 Å². The monoisotopic (exact) mass is 242 g/mol. The number of aromatic nitrogens is 2. The Bertz CT molecular complexity index is 441. The summed E-state index contributed by atoms with van der Waals surface area (Å²) in [5.74, 6) is 0. The fourth-order valence-electron chi connectivity index (χ4n) is 1.16. The van der Waals surface area contributed by atoms with Crippen molar-refractivity contribution in [3.8, 4) is 0 Å².